The van der Waals surface area contributed by atoms with Crippen LogP contribution in [0.1, 0.15) is 27.0 Å². The average Bonchev–Trinajstić information content (AvgIpc) is 2.76. The third kappa shape index (κ3) is 6.19. The van der Waals surface area contributed by atoms with Gasteiger partial charge in [-0.3, -0.25) is 9.52 Å². The summed E-state index contributed by atoms with van der Waals surface area (Å²) in [5.74, 6) is 0.151. The average molecular weight is 507 g/mol. The SMILES string of the molecule is Cc1ccc(OCCNC(=O)c2ccc(Cl)c(S(=O)(=O)Nc3cccc(C)c3C)c2)cc1Cl. The van der Waals surface area contributed by atoms with Crippen LogP contribution in [0.25, 0.3) is 0 Å². The number of ether oxygens (including phenoxy) is 1. The lowest BCUT2D eigenvalue weighted by Gasteiger charge is -2.14. The Morgan fingerprint density at radius 2 is 1.70 bits per heavy atom. The minimum absolute atomic E-state index is 0.0175. The highest BCUT2D eigenvalue weighted by Gasteiger charge is 2.21. The van der Waals surface area contributed by atoms with Crippen molar-refractivity contribution in [1.29, 1.82) is 0 Å². The molecule has 0 saturated heterocycles. The molecule has 0 aliphatic carbocycles. The predicted molar refractivity (Wildman–Crippen MR) is 132 cm³/mol. The Hall–Kier alpha value is -2.74. The quantitative estimate of drug-likeness (QED) is 0.393. The maximum absolute atomic E-state index is 13.0. The van der Waals surface area contributed by atoms with Crippen molar-refractivity contribution in [1.82, 2.24) is 5.32 Å². The van der Waals surface area contributed by atoms with Crippen LogP contribution in [0.3, 0.4) is 0 Å². The van der Waals surface area contributed by atoms with Crippen LogP contribution in [0.15, 0.2) is 59.5 Å². The van der Waals surface area contributed by atoms with Gasteiger partial charge in [-0.2, -0.15) is 0 Å². The number of amides is 1. The lowest BCUT2D eigenvalue weighted by Crippen LogP contribution is -2.28. The van der Waals surface area contributed by atoms with Gasteiger partial charge in [0, 0.05) is 10.6 Å². The van der Waals surface area contributed by atoms with E-state index in [1.807, 2.05) is 32.9 Å². The fourth-order valence-corrected chi connectivity index (χ4v) is 4.83. The highest BCUT2D eigenvalue weighted by atomic mass is 35.5. The third-order valence-corrected chi connectivity index (χ3v) is 7.39. The van der Waals surface area contributed by atoms with E-state index in [2.05, 4.69) is 10.0 Å². The molecule has 6 nitrogen and oxygen atoms in total. The summed E-state index contributed by atoms with van der Waals surface area (Å²) in [4.78, 5) is 12.4. The molecular weight excluding hydrogens is 483 g/mol. The lowest BCUT2D eigenvalue weighted by atomic mass is 10.1. The van der Waals surface area contributed by atoms with Crippen molar-refractivity contribution in [2.75, 3.05) is 17.9 Å². The van der Waals surface area contributed by atoms with Gasteiger partial charge in [-0.1, -0.05) is 41.4 Å². The lowest BCUT2D eigenvalue weighted by molar-refractivity contribution is 0.0947. The van der Waals surface area contributed by atoms with Gasteiger partial charge >= 0.3 is 0 Å². The van der Waals surface area contributed by atoms with E-state index in [0.717, 1.165) is 16.7 Å². The van der Waals surface area contributed by atoms with E-state index in [4.69, 9.17) is 27.9 Å². The van der Waals surface area contributed by atoms with E-state index in [-0.39, 0.29) is 28.6 Å². The number of hydrogen-bond donors (Lipinski definition) is 2. The predicted octanol–water partition coefficient (Wildman–Crippen LogP) is 5.53. The van der Waals surface area contributed by atoms with Crippen LogP contribution in [0.5, 0.6) is 5.75 Å². The summed E-state index contributed by atoms with van der Waals surface area (Å²) in [6.45, 7) is 6.05. The number of anilines is 1. The molecule has 3 aromatic carbocycles. The number of benzene rings is 3. The number of carbonyl (C=O) groups excluding carboxylic acids is 1. The molecule has 0 aliphatic rings. The van der Waals surface area contributed by atoms with Gasteiger partial charge in [0.1, 0.15) is 17.3 Å². The van der Waals surface area contributed by atoms with Crippen molar-refractivity contribution < 1.29 is 17.9 Å². The molecular formula is C24H24Cl2N2O4S. The van der Waals surface area contributed by atoms with Crippen LogP contribution in [0.4, 0.5) is 5.69 Å². The van der Waals surface area contributed by atoms with Gasteiger partial charge in [-0.15, -0.1) is 0 Å². The number of carbonyl (C=O) groups is 1. The van der Waals surface area contributed by atoms with Gasteiger partial charge in [0.15, 0.2) is 0 Å². The van der Waals surface area contributed by atoms with Crippen molar-refractivity contribution in [2.24, 2.45) is 0 Å². The van der Waals surface area contributed by atoms with Gasteiger partial charge in [0.25, 0.3) is 15.9 Å². The van der Waals surface area contributed by atoms with Crippen LogP contribution in [0.2, 0.25) is 10.0 Å². The number of sulfonamides is 1. The molecule has 33 heavy (non-hydrogen) atoms. The normalized spacial score (nSPS) is 11.2. The monoisotopic (exact) mass is 506 g/mol. The van der Waals surface area contributed by atoms with E-state index in [1.54, 1.807) is 24.3 Å². The highest BCUT2D eigenvalue weighted by molar-refractivity contribution is 7.92. The van der Waals surface area contributed by atoms with Crippen LogP contribution >= 0.6 is 23.2 Å². The molecule has 0 bridgehead atoms. The molecule has 0 aliphatic heterocycles. The zero-order chi connectivity index (χ0) is 24.2. The summed E-state index contributed by atoms with van der Waals surface area (Å²) in [7, 11) is -4.01. The third-order valence-electron chi connectivity index (χ3n) is 5.13. The van der Waals surface area contributed by atoms with Crippen molar-refractivity contribution in [3.63, 3.8) is 0 Å². The van der Waals surface area contributed by atoms with Crippen molar-refractivity contribution >= 4 is 44.8 Å². The van der Waals surface area contributed by atoms with E-state index in [9.17, 15) is 13.2 Å². The first-order valence-electron chi connectivity index (χ1n) is 10.1. The number of hydrogen-bond acceptors (Lipinski definition) is 4. The molecule has 0 saturated carbocycles. The molecule has 0 heterocycles. The fraction of sp³-hybridized carbons (Fsp3) is 0.208. The fourth-order valence-electron chi connectivity index (χ4n) is 3.01. The minimum atomic E-state index is -4.01. The van der Waals surface area contributed by atoms with Crippen molar-refractivity contribution in [3.05, 3.63) is 86.9 Å². The Kier molecular flexibility index (Phi) is 7.89. The molecule has 1 amide bonds. The molecule has 174 valence electrons. The Bertz CT molecular complexity index is 1290. The number of aryl methyl sites for hydroxylation is 2. The smallest absolute Gasteiger partial charge is 0.263 e. The Morgan fingerprint density at radius 3 is 2.42 bits per heavy atom. The molecule has 0 aromatic heterocycles. The van der Waals surface area contributed by atoms with Gasteiger partial charge < -0.3 is 10.1 Å². The summed E-state index contributed by atoms with van der Waals surface area (Å²) in [5, 5.41) is 3.32. The molecule has 0 spiro atoms. The first kappa shape index (κ1) is 24.9. The summed E-state index contributed by atoms with van der Waals surface area (Å²) in [6.07, 6.45) is 0. The van der Waals surface area contributed by atoms with E-state index < -0.39 is 15.9 Å². The van der Waals surface area contributed by atoms with E-state index in [0.29, 0.717) is 16.5 Å². The van der Waals surface area contributed by atoms with Gasteiger partial charge in [0.05, 0.1) is 17.3 Å². The van der Waals surface area contributed by atoms with Gasteiger partial charge in [-0.05, 0) is 73.9 Å². The van der Waals surface area contributed by atoms with E-state index >= 15 is 0 Å². The molecule has 9 heteroatoms. The number of nitrogens with one attached hydrogen (secondary N) is 2. The molecule has 0 fully saturated rings. The molecule has 0 atom stereocenters. The van der Waals surface area contributed by atoms with Crippen LogP contribution < -0.4 is 14.8 Å². The molecule has 0 unspecified atom stereocenters. The van der Waals surface area contributed by atoms with Crippen molar-refractivity contribution in [2.45, 2.75) is 25.7 Å². The standard InChI is InChI=1S/C24H24Cl2N2O4S/c1-15-5-4-6-22(17(15)3)28-33(30,31)23-13-18(8-10-20(23)25)24(29)27-11-12-32-19-9-7-16(2)21(26)14-19/h4-10,13-14,28H,11-12H2,1-3H3,(H,27,29). The Labute approximate surface area is 203 Å². The zero-order valence-corrected chi connectivity index (χ0v) is 20.7. The maximum Gasteiger partial charge on any atom is 0.263 e. The Morgan fingerprint density at radius 1 is 0.939 bits per heavy atom. The number of halogens is 2. The number of rotatable bonds is 8. The summed E-state index contributed by atoms with van der Waals surface area (Å²) >= 11 is 12.2. The summed E-state index contributed by atoms with van der Waals surface area (Å²) in [5.41, 5.74) is 3.32. The van der Waals surface area contributed by atoms with Crippen LogP contribution in [-0.2, 0) is 10.0 Å². The minimum Gasteiger partial charge on any atom is -0.492 e. The van der Waals surface area contributed by atoms with E-state index in [1.165, 1.54) is 18.2 Å². The van der Waals surface area contributed by atoms with Crippen molar-refractivity contribution in [3.8, 4) is 5.75 Å². The molecule has 2 N–H and O–H groups in total. The van der Waals surface area contributed by atoms with Gasteiger partial charge in [-0.25, -0.2) is 8.42 Å². The van der Waals surface area contributed by atoms with Crippen LogP contribution in [0, 0.1) is 20.8 Å². The largest absolute Gasteiger partial charge is 0.492 e. The Balaban J connectivity index is 1.67. The topological polar surface area (TPSA) is 84.5 Å². The maximum atomic E-state index is 13.0. The second kappa shape index (κ2) is 10.5. The summed E-state index contributed by atoms with van der Waals surface area (Å²) in [6, 6.07) is 14.8. The second-order valence-electron chi connectivity index (χ2n) is 7.51. The second-order valence-corrected chi connectivity index (χ2v) is 9.98. The first-order valence-corrected chi connectivity index (χ1v) is 12.4. The van der Waals surface area contributed by atoms with Gasteiger partial charge in [0.2, 0.25) is 0 Å². The summed E-state index contributed by atoms with van der Waals surface area (Å²) < 4.78 is 34.1. The molecule has 0 radical (unpaired) electrons. The molecule has 3 rings (SSSR count). The van der Waals surface area contributed by atoms with Crippen LogP contribution in [-0.4, -0.2) is 27.5 Å². The first-order chi connectivity index (χ1) is 15.6. The molecule has 3 aromatic rings. The highest BCUT2D eigenvalue weighted by Crippen LogP contribution is 2.27. The zero-order valence-electron chi connectivity index (χ0n) is 18.4.